The van der Waals surface area contributed by atoms with E-state index in [9.17, 15) is 77.5 Å². The quantitative estimate of drug-likeness (QED) is 0.00505. The van der Waals surface area contributed by atoms with Crippen molar-refractivity contribution >= 4 is 11.9 Å². The first-order valence-corrected chi connectivity index (χ1v) is 36.1. The van der Waals surface area contributed by atoms with Crippen LogP contribution in [-0.4, -0.2) is 367 Å². The number of amides is 1. The molecule has 3 fully saturated rings. The summed E-state index contributed by atoms with van der Waals surface area (Å²) in [4.78, 5) is 26.0. The van der Waals surface area contributed by atoms with Gasteiger partial charge in [0.15, 0.2) is 18.9 Å². The second-order valence-corrected chi connectivity index (χ2v) is 25.3. The van der Waals surface area contributed by atoms with E-state index in [1.807, 2.05) is 0 Å². The van der Waals surface area contributed by atoms with Crippen LogP contribution in [0, 0.1) is 29.1 Å². The van der Waals surface area contributed by atoms with E-state index in [1.54, 1.807) is 32.6 Å². The molecule has 3 aliphatic rings. The number of nitrogens with zero attached hydrogens (tertiary/aromatic N) is 9. The van der Waals surface area contributed by atoms with E-state index in [2.05, 4.69) is 41.0 Å². The third kappa shape index (κ3) is 32.6. The topological polar surface area (TPSA) is 487 Å². The molecule has 3 saturated heterocycles. The molecule has 110 heavy (non-hydrogen) atoms. The molecule has 39 nitrogen and oxygen atoms in total. The van der Waals surface area contributed by atoms with Gasteiger partial charge in [-0.15, -0.1) is 15.3 Å². The number of aliphatic hydroxyl groups is 9. The van der Waals surface area contributed by atoms with Crippen molar-refractivity contribution in [2.24, 2.45) is 0 Å². The molecule has 0 aliphatic carbocycles. The fourth-order valence-corrected chi connectivity index (χ4v) is 10.8. The third-order valence-electron chi connectivity index (χ3n) is 16.7. The van der Waals surface area contributed by atoms with Gasteiger partial charge in [-0.25, -0.2) is 27.2 Å². The van der Waals surface area contributed by atoms with Crippen molar-refractivity contribution in [3.63, 3.8) is 0 Å². The summed E-state index contributed by atoms with van der Waals surface area (Å²) in [6.45, 7) is 1.62. The Kier molecular flexibility index (Phi) is 42.5. The molecule has 3 aliphatic heterocycles. The van der Waals surface area contributed by atoms with Gasteiger partial charge in [0.25, 0.3) is 0 Å². The number of halogens is 5. The molecule has 626 valence electrons. The lowest BCUT2D eigenvalue weighted by molar-refractivity contribution is -0.256. The summed E-state index contributed by atoms with van der Waals surface area (Å²) in [6.07, 6.45) is -6.62. The van der Waals surface area contributed by atoms with Crippen molar-refractivity contribution < 1.29 is 163 Å². The Morgan fingerprint density at radius 1 is 0.409 bits per heavy atom. The summed E-state index contributed by atoms with van der Waals surface area (Å²) >= 11 is 0. The number of carbonyl (C=O) groups excluding carboxylic acids is 2. The number of hydrogen-bond donors (Lipinski definition) is 10. The van der Waals surface area contributed by atoms with Crippen molar-refractivity contribution in [3.05, 3.63) is 64.8 Å². The maximum Gasteiger partial charge on any atom is 0.313 e. The first-order chi connectivity index (χ1) is 53.3. The average molecular weight is 1600 g/mol. The van der Waals surface area contributed by atoms with E-state index >= 15 is 0 Å². The summed E-state index contributed by atoms with van der Waals surface area (Å²) in [5.41, 5.74) is 0.551. The van der Waals surface area contributed by atoms with Crippen molar-refractivity contribution in [1.29, 1.82) is 0 Å². The highest BCUT2D eigenvalue weighted by Crippen LogP contribution is 2.30. The largest absolute Gasteiger partial charge is 0.420 e. The van der Waals surface area contributed by atoms with E-state index < -0.39 is 159 Å². The Morgan fingerprint density at radius 3 is 1.03 bits per heavy atom. The summed E-state index contributed by atoms with van der Waals surface area (Å²) in [6, 6.07) is 0. The Balaban J connectivity index is 0.845. The SMILES string of the molecule is O=C(CCOCCOCCC(=O)Oc1c(F)c(F)c(F)c(F)c1F)NC(COCCOCCOCCn1cc(CCO[C@H]2C[C@@H](O)[C@@H](O)[C@@H](CO)O2)nn1)(COCCOCCOCCn1cc(CCO[C@H]2C[C@@H](O)[C@@H](O)[C@@H](CO)O2)nn1)COCCOCCOCCn1cc(CCO[C@H]2C[C@@H](O)[C@@H](O)[C@@H](CO)O2)nn1. The van der Waals surface area contributed by atoms with Crippen molar-refractivity contribution in [2.45, 2.75) is 150 Å². The normalized spacial score (nSPS) is 22.5. The molecule has 10 N–H and O–H groups in total. The average Bonchev–Trinajstić information content (AvgIpc) is 0.991. The summed E-state index contributed by atoms with van der Waals surface area (Å²) in [5.74, 6) is -15.2. The van der Waals surface area contributed by atoms with Crippen LogP contribution in [0.5, 0.6) is 5.75 Å². The molecule has 7 rings (SSSR count). The van der Waals surface area contributed by atoms with Gasteiger partial charge in [-0.05, 0) is 0 Å². The Hall–Kier alpha value is -5.81. The molecule has 1 amide bonds. The molecule has 3 aromatic heterocycles. The van der Waals surface area contributed by atoms with Gasteiger partial charge < -0.3 is 137 Å². The first-order valence-electron chi connectivity index (χ1n) is 36.1. The molecule has 0 spiro atoms. The molecule has 0 saturated carbocycles. The fourth-order valence-electron chi connectivity index (χ4n) is 10.8. The summed E-state index contributed by atoms with van der Waals surface area (Å²) in [7, 11) is 0. The van der Waals surface area contributed by atoms with Crippen LogP contribution < -0.4 is 10.1 Å². The highest BCUT2D eigenvalue weighted by Gasteiger charge is 2.40. The monoisotopic (exact) mass is 1590 g/mol. The van der Waals surface area contributed by atoms with Crippen LogP contribution in [0.2, 0.25) is 0 Å². The van der Waals surface area contributed by atoms with Crippen LogP contribution in [0.1, 0.15) is 49.2 Å². The highest BCUT2D eigenvalue weighted by atomic mass is 19.2. The number of carbonyl (C=O) groups is 2. The standard InChI is InChI=1S/C66H103F5N10O29/c67-57-58(68)60(70)65(61(71)59(57)69)110-53(89)5-10-94-18-17-93-9-4-52(88)72-66(40-101-28-25-98-22-19-95-14-6-79-34-43(73-76-79)1-11-104-54-31-46(85)62(90)49(37-82)107-54,41-102-29-26-99-23-20-96-15-7-80-35-44(74-77-80)2-12-105-55-32-47(86)63(91)50(38-83)108-55)42-103-30-27-100-24-21-97-16-8-81-36-45(75-78-81)3-13-106-56-33-48(87)64(92)51(39-84)109-56/h34-36,46-51,54-56,62-64,82-87,90-92H,1-33,37-42H2,(H,72,88)/t46-,47-,48-,49-,50-,51-,54-,55-,56-,62-,63-,64-/m1/s1. The number of aliphatic hydroxyl groups excluding tert-OH is 9. The molecule has 12 atom stereocenters. The van der Waals surface area contributed by atoms with Gasteiger partial charge in [0, 0.05) is 63.5 Å². The van der Waals surface area contributed by atoms with Gasteiger partial charge in [0.1, 0.15) is 42.2 Å². The number of nitrogens with one attached hydrogen (secondary N) is 1. The predicted molar refractivity (Wildman–Crippen MR) is 357 cm³/mol. The number of benzene rings is 1. The van der Waals surface area contributed by atoms with Gasteiger partial charge in [-0.3, -0.25) is 9.59 Å². The summed E-state index contributed by atoms with van der Waals surface area (Å²) in [5, 5.41) is 116. The minimum Gasteiger partial charge on any atom is -0.420 e. The minimum absolute atomic E-state index is 0.0433. The molecule has 0 bridgehead atoms. The van der Waals surface area contributed by atoms with E-state index in [0.29, 0.717) is 56.0 Å². The van der Waals surface area contributed by atoms with E-state index in [-0.39, 0.29) is 184 Å². The second kappa shape index (κ2) is 51.1. The molecular formula is C66H103F5N10O29. The van der Waals surface area contributed by atoms with Crippen molar-refractivity contribution in [3.8, 4) is 5.75 Å². The van der Waals surface area contributed by atoms with Crippen molar-refractivity contribution in [1.82, 2.24) is 50.3 Å². The van der Waals surface area contributed by atoms with E-state index in [4.69, 9.17) is 80.5 Å². The smallest absolute Gasteiger partial charge is 0.313 e. The third-order valence-corrected chi connectivity index (χ3v) is 16.7. The molecule has 4 aromatic rings. The van der Waals surface area contributed by atoms with Crippen LogP contribution >= 0.6 is 0 Å². The molecule has 44 heteroatoms. The van der Waals surface area contributed by atoms with Gasteiger partial charge in [0.05, 0.1) is 246 Å². The first kappa shape index (κ1) is 91.4. The Bertz CT molecular complexity index is 2940. The Labute approximate surface area is 629 Å². The number of rotatable bonds is 59. The number of hydrogen-bond acceptors (Lipinski definition) is 35. The lowest BCUT2D eigenvalue weighted by atomic mass is 10.0. The van der Waals surface area contributed by atoms with Crippen molar-refractivity contribution in [2.75, 3.05) is 185 Å². The van der Waals surface area contributed by atoms with Crippen LogP contribution in [0.3, 0.4) is 0 Å². The maximum atomic E-state index is 14.0. The molecular weight excluding hydrogens is 1490 g/mol. The van der Waals surface area contributed by atoms with Crippen LogP contribution in [0.4, 0.5) is 22.0 Å². The van der Waals surface area contributed by atoms with Gasteiger partial charge >= 0.3 is 5.97 Å². The summed E-state index contributed by atoms with van der Waals surface area (Å²) < 4.78 is 175. The zero-order valence-electron chi connectivity index (χ0n) is 60.8. The molecule has 0 radical (unpaired) electrons. The van der Waals surface area contributed by atoms with Gasteiger partial charge in [-0.2, -0.15) is 8.78 Å². The fraction of sp³-hybridized carbons (Fsp3) is 0.788. The van der Waals surface area contributed by atoms with Crippen LogP contribution in [0.25, 0.3) is 0 Å². The van der Waals surface area contributed by atoms with Crippen LogP contribution in [0.15, 0.2) is 18.6 Å². The highest BCUT2D eigenvalue weighted by molar-refractivity contribution is 5.77. The zero-order valence-corrected chi connectivity index (χ0v) is 60.8. The zero-order chi connectivity index (χ0) is 78.9. The second-order valence-electron chi connectivity index (χ2n) is 25.3. The lowest BCUT2D eigenvalue weighted by Crippen LogP contribution is -2.59. The van der Waals surface area contributed by atoms with Gasteiger partial charge in [-0.1, -0.05) is 15.6 Å². The molecule has 1 aromatic carbocycles. The number of ether oxygens (including phenoxy) is 18. The van der Waals surface area contributed by atoms with Gasteiger partial charge in [0.2, 0.25) is 40.7 Å². The van der Waals surface area contributed by atoms with E-state index in [0.717, 1.165) is 0 Å². The number of esters is 1. The van der Waals surface area contributed by atoms with Crippen LogP contribution in [-0.2, 0) is 129 Å². The van der Waals surface area contributed by atoms with E-state index in [1.165, 1.54) is 0 Å². The lowest BCUT2D eigenvalue weighted by Gasteiger charge is -2.35. The maximum absolute atomic E-state index is 14.0. The minimum atomic E-state index is -2.42. The predicted octanol–water partition coefficient (Wildman–Crippen LogP) is -3.86. The molecule has 6 heterocycles. The molecule has 0 unspecified atom stereocenters. The Morgan fingerprint density at radius 2 is 0.700 bits per heavy atom. The number of aromatic nitrogens is 9.